The molecule has 4 aliphatic rings. The number of aliphatic hydroxyl groups is 1. The number of aromatic nitrogens is 1. The number of nitrogens with zero attached hydrogens (tertiary/aromatic N) is 1. The van der Waals surface area contributed by atoms with Crippen LogP contribution >= 0.6 is 0 Å². The SMILES string of the molecule is CC(=O)OCC12C(OC(C)=O)C(OC(C)=O)C3C(OC(C)=O)C14OC3(C)COC(=O)c1cccnc1CCC(C)C(=O)OC(C(OC(C)=O)C2OC(=O)c1ccccc1)C4(C)O. The molecule has 334 valence electrons. The van der Waals surface area contributed by atoms with E-state index < -0.39 is 132 Å². The molecular formula is C43H49NO18. The second kappa shape index (κ2) is 17.1. The predicted octanol–water partition coefficient (Wildman–Crippen LogP) is 2.16. The number of aryl methyl sites for hydroxylation is 1. The second-order valence-electron chi connectivity index (χ2n) is 16.4. The topological polar surface area (TPSA) is 253 Å². The van der Waals surface area contributed by atoms with Crippen LogP contribution in [-0.2, 0) is 77.8 Å². The molecule has 3 fully saturated rings. The molecule has 19 nitrogen and oxygen atoms in total. The highest BCUT2D eigenvalue weighted by Gasteiger charge is 2.92. The van der Waals surface area contributed by atoms with Crippen LogP contribution in [0.25, 0.3) is 0 Å². The van der Waals surface area contributed by atoms with Crippen molar-refractivity contribution < 1.29 is 86.1 Å². The van der Waals surface area contributed by atoms with Crippen molar-refractivity contribution in [3.8, 4) is 0 Å². The maximum Gasteiger partial charge on any atom is 0.340 e. The zero-order valence-electron chi connectivity index (χ0n) is 35.4. The van der Waals surface area contributed by atoms with Gasteiger partial charge >= 0.3 is 47.8 Å². The molecule has 6 rings (SSSR count). The molecule has 4 bridgehead atoms. The zero-order valence-corrected chi connectivity index (χ0v) is 35.4. The van der Waals surface area contributed by atoms with Crippen molar-refractivity contribution in [2.45, 2.75) is 122 Å². The fourth-order valence-corrected chi connectivity index (χ4v) is 9.74. The van der Waals surface area contributed by atoms with Gasteiger partial charge < -0.3 is 47.7 Å². The van der Waals surface area contributed by atoms with Crippen molar-refractivity contribution in [2.75, 3.05) is 13.2 Å². The largest absolute Gasteiger partial charge is 0.465 e. The maximum absolute atomic E-state index is 14.4. The molecule has 1 saturated heterocycles. The van der Waals surface area contributed by atoms with E-state index in [9.17, 15) is 43.5 Å². The van der Waals surface area contributed by atoms with Crippen LogP contribution in [0.2, 0.25) is 0 Å². The maximum atomic E-state index is 14.4. The summed E-state index contributed by atoms with van der Waals surface area (Å²) in [7, 11) is 0. The van der Waals surface area contributed by atoms with E-state index in [-0.39, 0.29) is 29.7 Å². The highest BCUT2D eigenvalue weighted by atomic mass is 16.7. The summed E-state index contributed by atoms with van der Waals surface area (Å²) >= 11 is 0. The number of hydrogen-bond donors (Lipinski definition) is 1. The number of esters is 8. The number of fused-ring (bicyclic) bond motifs is 5. The average Bonchev–Trinajstić information content (AvgIpc) is 3.41. The third kappa shape index (κ3) is 7.76. The van der Waals surface area contributed by atoms with Crippen molar-refractivity contribution in [1.82, 2.24) is 4.98 Å². The highest BCUT2D eigenvalue weighted by molar-refractivity contribution is 5.91. The summed E-state index contributed by atoms with van der Waals surface area (Å²) in [6, 6.07) is 10.4. The number of cyclic esters (lactones) is 1. The fourth-order valence-electron chi connectivity index (χ4n) is 9.74. The number of carbonyl (C=O) groups excluding carboxylic acids is 8. The zero-order chi connectivity index (χ0) is 45.5. The molecule has 0 radical (unpaired) electrons. The lowest BCUT2D eigenvalue weighted by atomic mass is 9.45. The summed E-state index contributed by atoms with van der Waals surface area (Å²) in [6.45, 7) is 7.17. The Morgan fingerprint density at radius 3 is 1.98 bits per heavy atom. The first-order valence-corrected chi connectivity index (χ1v) is 19.9. The van der Waals surface area contributed by atoms with Crippen LogP contribution in [0.4, 0.5) is 0 Å². The molecule has 1 spiro atoms. The van der Waals surface area contributed by atoms with Gasteiger partial charge in [-0.1, -0.05) is 25.1 Å². The number of pyridine rings is 1. The summed E-state index contributed by atoms with van der Waals surface area (Å²) in [5, 5.41) is 13.6. The molecule has 2 aliphatic heterocycles. The second-order valence-corrected chi connectivity index (χ2v) is 16.4. The fraction of sp³-hybridized carbons (Fsp3) is 0.558. The van der Waals surface area contributed by atoms with E-state index in [1.807, 2.05) is 0 Å². The summed E-state index contributed by atoms with van der Waals surface area (Å²) in [4.78, 5) is 113. The molecule has 1 aromatic heterocycles. The molecule has 1 N–H and O–H groups in total. The first-order valence-electron chi connectivity index (χ1n) is 19.9. The van der Waals surface area contributed by atoms with Gasteiger partial charge in [-0.15, -0.1) is 0 Å². The van der Waals surface area contributed by atoms with Gasteiger partial charge in [0.1, 0.15) is 42.0 Å². The molecule has 12 unspecified atom stereocenters. The minimum Gasteiger partial charge on any atom is -0.465 e. The molecule has 2 saturated carbocycles. The van der Waals surface area contributed by atoms with Gasteiger partial charge in [0.25, 0.3) is 0 Å². The third-order valence-electron chi connectivity index (χ3n) is 12.1. The van der Waals surface area contributed by atoms with Crippen LogP contribution in [0.3, 0.4) is 0 Å². The van der Waals surface area contributed by atoms with Crippen LogP contribution in [0.15, 0.2) is 48.7 Å². The van der Waals surface area contributed by atoms with Crippen molar-refractivity contribution >= 4 is 47.8 Å². The Hall–Kier alpha value is -5.95. The first-order chi connectivity index (χ1) is 29.1. The van der Waals surface area contributed by atoms with E-state index in [1.165, 1.54) is 56.4 Å². The summed E-state index contributed by atoms with van der Waals surface area (Å²) < 4.78 is 55.4. The molecule has 3 heterocycles. The number of benzene rings is 1. The predicted molar refractivity (Wildman–Crippen MR) is 205 cm³/mol. The Balaban J connectivity index is 1.79. The summed E-state index contributed by atoms with van der Waals surface area (Å²) in [5.74, 6) is -10.7. The van der Waals surface area contributed by atoms with Crippen LogP contribution in [0.1, 0.15) is 88.2 Å². The van der Waals surface area contributed by atoms with Crippen molar-refractivity contribution in [2.24, 2.45) is 17.3 Å². The molecule has 1 aromatic carbocycles. The lowest BCUT2D eigenvalue weighted by Gasteiger charge is -2.67. The van der Waals surface area contributed by atoms with E-state index >= 15 is 0 Å². The van der Waals surface area contributed by atoms with Gasteiger partial charge in [-0.2, -0.15) is 0 Å². The Kier molecular flexibility index (Phi) is 12.6. The van der Waals surface area contributed by atoms with E-state index in [2.05, 4.69) is 4.98 Å². The first kappa shape index (κ1) is 45.6. The van der Waals surface area contributed by atoms with Gasteiger partial charge in [-0.05, 0) is 51.0 Å². The summed E-state index contributed by atoms with van der Waals surface area (Å²) in [6.07, 6.45) is -10.6. The quantitative estimate of drug-likeness (QED) is 0.295. The minimum absolute atomic E-state index is 0.0225. The Morgan fingerprint density at radius 1 is 0.774 bits per heavy atom. The van der Waals surface area contributed by atoms with Crippen LogP contribution in [0.5, 0.6) is 0 Å². The van der Waals surface area contributed by atoms with E-state index in [0.717, 1.165) is 41.5 Å². The van der Waals surface area contributed by atoms with Gasteiger partial charge in [0.2, 0.25) is 0 Å². The standard InChI is InChI=1S/C43H49NO18/c1-21-16-17-29-28(15-12-18-44-29)39(52)55-19-40(7)30-31(56-23(3)46)35(59-26(6)49)42(20-54-22(2)45)36(61-38(51)27-13-10-9-11-14-27)32(57-24(4)47)34(60-37(21)50)41(8,53)43(42,62-40)33(30)58-25(5)48/h9-15,18,21,30-36,53H,16-17,19-20H2,1-8H3. The molecule has 2 aromatic rings. The number of ether oxygens (including phenoxy) is 9. The lowest BCUT2D eigenvalue weighted by molar-refractivity contribution is -0.385. The smallest absolute Gasteiger partial charge is 0.340 e. The number of rotatable bonds is 8. The van der Waals surface area contributed by atoms with Crippen LogP contribution in [-0.4, -0.2) is 124 Å². The normalized spacial score (nSPS) is 35.0. The summed E-state index contributed by atoms with van der Waals surface area (Å²) in [5.41, 5.74) is -10.2. The van der Waals surface area contributed by atoms with Gasteiger partial charge in [-0.25, -0.2) is 9.59 Å². The molecule has 2 aliphatic carbocycles. The van der Waals surface area contributed by atoms with Gasteiger partial charge in [0, 0.05) is 40.8 Å². The number of hydrogen-bond acceptors (Lipinski definition) is 19. The Labute approximate surface area is 355 Å². The minimum atomic E-state index is -2.84. The average molecular weight is 868 g/mol. The highest BCUT2D eigenvalue weighted by Crippen LogP contribution is 2.70. The molecule has 62 heavy (non-hydrogen) atoms. The third-order valence-corrected chi connectivity index (χ3v) is 12.1. The van der Waals surface area contributed by atoms with Crippen molar-refractivity contribution in [3.05, 3.63) is 65.5 Å². The van der Waals surface area contributed by atoms with Crippen molar-refractivity contribution in [3.63, 3.8) is 0 Å². The molecule has 19 heteroatoms. The van der Waals surface area contributed by atoms with Crippen LogP contribution in [0, 0.1) is 17.3 Å². The van der Waals surface area contributed by atoms with Gasteiger partial charge in [0.05, 0.1) is 28.7 Å². The van der Waals surface area contributed by atoms with E-state index in [1.54, 1.807) is 6.07 Å². The van der Waals surface area contributed by atoms with Crippen molar-refractivity contribution in [1.29, 1.82) is 0 Å². The van der Waals surface area contributed by atoms with Crippen LogP contribution < -0.4 is 0 Å². The monoisotopic (exact) mass is 867 g/mol. The van der Waals surface area contributed by atoms with Gasteiger partial charge in [-0.3, -0.25) is 33.8 Å². The van der Waals surface area contributed by atoms with E-state index in [0.29, 0.717) is 0 Å². The Bertz CT molecular complexity index is 2140. The lowest BCUT2D eigenvalue weighted by Crippen LogP contribution is -2.89. The molecule has 12 atom stereocenters. The molecular weight excluding hydrogens is 818 g/mol. The van der Waals surface area contributed by atoms with E-state index in [4.69, 9.17) is 42.6 Å². The number of carbonyl (C=O) groups is 8. The van der Waals surface area contributed by atoms with Gasteiger partial charge in [0.15, 0.2) is 30.0 Å². The Morgan fingerprint density at radius 2 is 1.37 bits per heavy atom. The molecule has 0 amide bonds.